The smallest absolute Gasteiger partial charge is 0.337 e. The van der Waals surface area contributed by atoms with E-state index in [-0.39, 0.29) is 41.8 Å². The van der Waals surface area contributed by atoms with Gasteiger partial charge in [0.25, 0.3) is 0 Å². The molecule has 1 aromatic carbocycles. The van der Waals surface area contributed by atoms with Crippen LogP contribution in [0.25, 0.3) is 0 Å². The minimum Gasteiger partial charge on any atom is -0.497 e. The summed E-state index contributed by atoms with van der Waals surface area (Å²) < 4.78 is 5.36. The first-order chi connectivity index (χ1) is 18.4. The Kier molecular flexibility index (Phi) is 8.12. The molecule has 9 heteroatoms. The van der Waals surface area contributed by atoms with E-state index in [2.05, 4.69) is 24.6 Å². The number of benzene rings is 1. The van der Waals surface area contributed by atoms with Gasteiger partial charge in [0.1, 0.15) is 5.75 Å². The minimum absolute atomic E-state index is 0.0921. The van der Waals surface area contributed by atoms with Crippen LogP contribution in [0.5, 0.6) is 5.75 Å². The van der Waals surface area contributed by atoms with Gasteiger partial charge in [0.2, 0.25) is 11.8 Å². The lowest BCUT2D eigenvalue weighted by molar-refractivity contribution is -0.159. The lowest BCUT2D eigenvalue weighted by atomic mass is 9.75. The SMILES string of the molecule is COc1cccc(CN2NC3N(CCC(C)C)C(=O)C4CCC(C(=O)NC5CCCCC5)CC4N3C2=O)c1. The number of nitrogens with one attached hydrogen (secondary N) is 2. The zero-order chi connectivity index (χ0) is 26.8. The van der Waals surface area contributed by atoms with Crippen molar-refractivity contribution in [1.82, 2.24) is 25.6 Å². The standard InChI is InChI=1S/C29H43N5O4/c1-19(2)14-15-32-27(36)24-13-12-21(26(35)30-22-9-5-4-6-10-22)17-25(24)34-28(32)31-33(29(34)37)18-20-8-7-11-23(16-20)38-3/h7-8,11,16,19,21-22,24-25,28,31H,4-6,9-10,12-15,17-18H2,1-3H3,(H,30,35). The van der Waals surface area contributed by atoms with E-state index in [0.29, 0.717) is 38.3 Å². The molecule has 0 radical (unpaired) electrons. The Morgan fingerprint density at radius 2 is 1.92 bits per heavy atom. The normalized spacial score (nSPS) is 27.9. The Hall–Kier alpha value is -2.81. The fourth-order valence-electron chi connectivity index (χ4n) is 6.62. The number of rotatable bonds is 8. The Morgan fingerprint density at radius 1 is 1.13 bits per heavy atom. The predicted molar refractivity (Wildman–Crippen MR) is 143 cm³/mol. The average molecular weight is 526 g/mol. The van der Waals surface area contributed by atoms with E-state index in [1.54, 1.807) is 12.1 Å². The van der Waals surface area contributed by atoms with Crippen LogP contribution in [0.1, 0.15) is 77.2 Å². The van der Waals surface area contributed by atoms with Crippen LogP contribution in [0, 0.1) is 17.8 Å². The molecule has 4 fully saturated rings. The molecule has 0 aromatic heterocycles. The summed E-state index contributed by atoms with van der Waals surface area (Å²) in [5, 5.41) is 4.90. The first-order valence-corrected chi connectivity index (χ1v) is 14.5. The summed E-state index contributed by atoms with van der Waals surface area (Å²) in [6.45, 7) is 5.25. The van der Waals surface area contributed by atoms with Gasteiger partial charge in [0.15, 0.2) is 6.29 Å². The van der Waals surface area contributed by atoms with Gasteiger partial charge < -0.3 is 15.0 Å². The Labute approximate surface area is 226 Å². The van der Waals surface area contributed by atoms with Crippen molar-refractivity contribution in [3.8, 4) is 5.75 Å². The van der Waals surface area contributed by atoms with Crippen LogP contribution >= 0.6 is 0 Å². The fraction of sp³-hybridized carbons (Fsp3) is 0.690. The minimum atomic E-state index is -0.527. The van der Waals surface area contributed by atoms with Crippen molar-refractivity contribution in [3.05, 3.63) is 29.8 Å². The van der Waals surface area contributed by atoms with Crippen molar-refractivity contribution in [3.63, 3.8) is 0 Å². The van der Waals surface area contributed by atoms with E-state index in [9.17, 15) is 14.4 Å². The van der Waals surface area contributed by atoms with E-state index < -0.39 is 6.29 Å². The summed E-state index contributed by atoms with van der Waals surface area (Å²) in [7, 11) is 1.63. The van der Waals surface area contributed by atoms with Crippen molar-refractivity contribution in [2.75, 3.05) is 13.7 Å². The van der Waals surface area contributed by atoms with Crippen LogP contribution in [0.15, 0.2) is 24.3 Å². The molecule has 4 amide bonds. The monoisotopic (exact) mass is 525 g/mol. The summed E-state index contributed by atoms with van der Waals surface area (Å²) in [5.74, 6) is 0.938. The van der Waals surface area contributed by atoms with Crippen LogP contribution in [-0.2, 0) is 16.1 Å². The van der Waals surface area contributed by atoms with Crippen molar-refractivity contribution >= 4 is 17.8 Å². The quantitative estimate of drug-likeness (QED) is 0.538. The Bertz CT molecular complexity index is 1030. The van der Waals surface area contributed by atoms with E-state index in [1.807, 2.05) is 34.1 Å². The van der Waals surface area contributed by atoms with Gasteiger partial charge in [-0.15, -0.1) is 0 Å². The van der Waals surface area contributed by atoms with E-state index >= 15 is 0 Å². The molecule has 4 atom stereocenters. The highest BCUT2D eigenvalue weighted by Crippen LogP contribution is 2.41. The lowest BCUT2D eigenvalue weighted by Gasteiger charge is -2.50. The largest absolute Gasteiger partial charge is 0.497 e. The highest BCUT2D eigenvalue weighted by molar-refractivity contribution is 5.87. The number of urea groups is 1. The van der Waals surface area contributed by atoms with Gasteiger partial charge in [-0.25, -0.2) is 4.79 Å². The summed E-state index contributed by atoms with van der Waals surface area (Å²) in [5.41, 5.74) is 4.29. The zero-order valence-electron chi connectivity index (χ0n) is 23.0. The van der Waals surface area contributed by atoms with Gasteiger partial charge in [-0.3, -0.25) is 19.5 Å². The third-order valence-corrected chi connectivity index (χ3v) is 8.80. The van der Waals surface area contributed by atoms with Crippen LogP contribution in [0.2, 0.25) is 0 Å². The summed E-state index contributed by atoms with van der Waals surface area (Å²) in [6.07, 6.45) is 7.86. The molecule has 2 saturated heterocycles. The molecule has 4 unspecified atom stereocenters. The fourth-order valence-corrected chi connectivity index (χ4v) is 6.62. The van der Waals surface area contributed by atoms with Gasteiger partial charge in [-0.1, -0.05) is 45.2 Å². The second kappa shape index (κ2) is 11.5. The molecule has 5 rings (SSSR count). The van der Waals surface area contributed by atoms with Gasteiger partial charge in [-0.2, -0.15) is 5.43 Å². The Balaban J connectivity index is 1.35. The molecule has 0 bridgehead atoms. The van der Waals surface area contributed by atoms with Crippen molar-refractivity contribution < 1.29 is 19.1 Å². The number of carbonyl (C=O) groups excluding carboxylic acids is 3. The Morgan fingerprint density at radius 3 is 2.66 bits per heavy atom. The van der Waals surface area contributed by atoms with Gasteiger partial charge in [0, 0.05) is 24.5 Å². The number of hydrogen-bond acceptors (Lipinski definition) is 5. The molecule has 2 aliphatic heterocycles. The number of methoxy groups -OCH3 is 1. The number of hydrazine groups is 1. The molecule has 0 spiro atoms. The molecule has 9 nitrogen and oxygen atoms in total. The molecule has 2 aliphatic carbocycles. The van der Waals surface area contributed by atoms with E-state index in [0.717, 1.165) is 30.6 Å². The maximum atomic E-state index is 13.9. The topological polar surface area (TPSA) is 94.2 Å². The van der Waals surface area contributed by atoms with Gasteiger partial charge >= 0.3 is 6.03 Å². The van der Waals surface area contributed by atoms with Crippen molar-refractivity contribution in [2.24, 2.45) is 17.8 Å². The van der Waals surface area contributed by atoms with Gasteiger partial charge in [0.05, 0.1) is 19.6 Å². The maximum Gasteiger partial charge on any atom is 0.337 e. The van der Waals surface area contributed by atoms with Crippen LogP contribution in [0.4, 0.5) is 4.79 Å². The summed E-state index contributed by atoms with van der Waals surface area (Å²) in [4.78, 5) is 44.6. The third-order valence-electron chi connectivity index (χ3n) is 8.80. The van der Waals surface area contributed by atoms with E-state index in [4.69, 9.17) is 4.74 Å². The zero-order valence-corrected chi connectivity index (χ0v) is 23.0. The number of ether oxygens (including phenoxy) is 1. The maximum absolute atomic E-state index is 13.9. The molecular formula is C29H43N5O4. The van der Waals surface area contributed by atoms with E-state index in [1.165, 1.54) is 19.3 Å². The van der Waals surface area contributed by atoms with Crippen LogP contribution in [0.3, 0.4) is 0 Å². The number of nitrogens with zero attached hydrogens (tertiary/aromatic N) is 3. The first kappa shape index (κ1) is 26.8. The second-order valence-corrected chi connectivity index (χ2v) is 11.9. The molecule has 4 aliphatic rings. The number of amides is 4. The summed E-state index contributed by atoms with van der Waals surface area (Å²) in [6, 6.07) is 7.51. The predicted octanol–water partition coefficient (Wildman–Crippen LogP) is 3.84. The molecule has 2 saturated carbocycles. The molecule has 1 aromatic rings. The molecule has 2 N–H and O–H groups in total. The van der Waals surface area contributed by atoms with Crippen LogP contribution < -0.4 is 15.5 Å². The molecule has 208 valence electrons. The average Bonchev–Trinajstić information content (AvgIpc) is 3.24. The number of hydrogen-bond donors (Lipinski definition) is 2. The summed E-state index contributed by atoms with van der Waals surface area (Å²) >= 11 is 0. The first-order valence-electron chi connectivity index (χ1n) is 14.5. The molecular weight excluding hydrogens is 482 g/mol. The lowest BCUT2D eigenvalue weighted by Crippen LogP contribution is -2.67. The second-order valence-electron chi connectivity index (χ2n) is 11.9. The molecule has 38 heavy (non-hydrogen) atoms. The van der Waals surface area contributed by atoms with Gasteiger partial charge in [-0.05, 0) is 62.1 Å². The van der Waals surface area contributed by atoms with Crippen molar-refractivity contribution in [1.29, 1.82) is 0 Å². The molecule has 2 heterocycles. The number of fused-ring (bicyclic) bond motifs is 3. The highest BCUT2D eigenvalue weighted by Gasteiger charge is 2.56. The highest BCUT2D eigenvalue weighted by atomic mass is 16.5. The third kappa shape index (κ3) is 5.48. The number of carbonyl (C=O) groups is 3. The van der Waals surface area contributed by atoms with Crippen molar-refractivity contribution in [2.45, 2.75) is 96.6 Å². The van der Waals surface area contributed by atoms with Crippen LogP contribution in [-0.4, -0.2) is 64.7 Å².